The average Bonchev–Trinajstić information content (AvgIpc) is 2.45. The molecule has 0 aliphatic carbocycles. The molecule has 0 saturated carbocycles. The molecule has 0 radical (unpaired) electrons. The molecule has 0 spiro atoms. The standard InChI is InChI=1S/C16H16BrFN2O/c1-3-19-15-11(5-4-6-13(15)18)16(21)20-14-9-10(2)7-8-12(14)17/h4-9,19H,3H2,1-2H3,(H,20,21). The highest BCUT2D eigenvalue weighted by molar-refractivity contribution is 9.10. The van der Waals surface area contributed by atoms with Gasteiger partial charge >= 0.3 is 0 Å². The lowest BCUT2D eigenvalue weighted by Gasteiger charge is -2.13. The van der Waals surface area contributed by atoms with Gasteiger partial charge in [-0.3, -0.25) is 4.79 Å². The van der Waals surface area contributed by atoms with Crippen molar-refractivity contribution in [3.63, 3.8) is 0 Å². The van der Waals surface area contributed by atoms with E-state index < -0.39 is 5.82 Å². The summed E-state index contributed by atoms with van der Waals surface area (Å²) in [7, 11) is 0. The Morgan fingerprint density at radius 2 is 2.05 bits per heavy atom. The molecular formula is C16H16BrFN2O. The topological polar surface area (TPSA) is 41.1 Å². The van der Waals surface area contributed by atoms with Crippen LogP contribution in [0.3, 0.4) is 0 Å². The van der Waals surface area contributed by atoms with E-state index in [1.54, 1.807) is 6.07 Å². The molecule has 0 fully saturated rings. The van der Waals surface area contributed by atoms with Crippen molar-refractivity contribution in [1.29, 1.82) is 0 Å². The van der Waals surface area contributed by atoms with E-state index in [2.05, 4.69) is 26.6 Å². The lowest BCUT2D eigenvalue weighted by molar-refractivity contribution is 0.102. The summed E-state index contributed by atoms with van der Waals surface area (Å²) < 4.78 is 14.6. The summed E-state index contributed by atoms with van der Waals surface area (Å²) >= 11 is 3.39. The molecule has 5 heteroatoms. The van der Waals surface area contributed by atoms with Gasteiger partial charge in [0, 0.05) is 11.0 Å². The predicted octanol–water partition coefficient (Wildman–Crippen LogP) is 4.58. The number of halogens is 2. The number of rotatable bonds is 4. The third-order valence-electron chi connectivity index (χ3n) is 2.98. The van der Waals surface area contributed by atoms with Crippen LogP contribution in [-0.2, 0) is 0 Å². The molecule has 110 valence electrons. The Balaban J connectivity index is 2.32. The number of benzene rings is 2. The predicted molar refractivity (Wildman–Crippen MR) is 87.4 cm³/mol. The minimum absolute atomic E-state index is 0.223. The average molecular weight is 351 g/mol. The molecule has 2 N–H and O–H groups in total. The van der Waals surface area contributed by atoms with Gasteiger partial charge in [0.2, 0.25) is 0 Å². The van der Waals surface area contributed by atoms with E-state index in [0.717, 1.165) is 10.0 Å². The molecule has 1 amide bonds. The lowest BCUT2D eigenvalue weighted by Crippen LogP contribution is -2.16. The second-order valence-electron chi connectivity index (χ2n) is 4.63. The SMILES string of the molecule is CCNc1c(F)cccc1C(=O)Nc1cc(C)ccc1Br. The maximum absolute atomic E-state index is 13.8. The third-order valence-corrected chi connectivity index (χ3v) is 3.67. The van der Waals surface area contributed by atoms with Crippen LogP contribution in [-0.4, -0.2) is 12.5 Å². The molecule has 2 aromatic rings. The molecule has 0 heterocycles. The maximum Gasteiger partial charge on any atom is 0.257 e. The highest BCUT2D eigenvalue weighted by Crippen LogP contribution is 2.26. The van der Waals surface area contributed by atoms with Gasteiger partial charge in [-0.2, -0.15) is 0 Å². The van der Waals surface area contributed by atoms with Crippen molar-refractivity contribution in [3.8, 4) is 0 Å². The molecule has 3 nitrogen and oxygen atoms in total. The molecule has 21 heavy (non-hydrogen) atoms. The molecule has 2 aromatic carbocycles. The van der Waals surface area contributed by atoms with Crippen LogP contribution >= 0.6 is 15.9 Å². The van der Waals surface area contributed by atoms with E-state index in [9.17, 15) is 9.18 Å². The van der Waals surface area contributed by atoms with Crippen molar-refractivity contribution >= 4 is 33.2 Å². The van der Waals surface area contributed by atoms with Gasteiger partial charge in [-0.25, -0.2) is 4.39 Å². The van der Waals surface area contributed by atoms with Gasteiger partial charge in [0.1, 0.15) is 5.82 Å². The van der Waals surface area contributed by atoms with Crippen molar-refractivity contribution < 1.29 is 9.18 Å². The Morgan fingerprint density at radius 3 is 2.76 bits per heavy atom. The minimum Gasteiger partial charge on any atom is -0.382 e. The first-order chi connectivity index (χ1) is 10.0. The van der Waals surface area contributed by atoms with Gasteiger partial charge in [0.05, 0.1) is 16.9 Å². The molecular weight excluding hydrogens is 335 g/mol. The summed E-state index contributed by atoms with van der Waals surface area (Å²) in [5.41, 5.74) is 2.19. The Labute approximate surface area is 131 Å². The summed E-state index contributed by atoms with van der Waals surface area (Å²) in [6, 6.07) is 10.1. The molecule has 0 bridgehead atoms. The number of hydrogen-bond donors (Lipinski definition) is 2. The van der Waals surface area contributed by atoms with Gasteiger partial charge < -0.3 is 10.6 Å². The number of carbonyl (C=O) groups is 1. The summed E-state index contributed by atoms with van der Waals surface area (Å²) in [4.78, 5) is 12.4. The molecule has 0 aliphatic heterocycles. The van der Waals surface area contributed by atoms with Crippen molar-refractivity contribution in [3.05, 3.63) is 57.8 Å². The first-order valence-electron chi connectivity index (χ1n) is 6.62. The van der Waals surface area contributed by atoms with Crippen LogP contribution in [0.4, 0.5) is 15.8 Å². The highest BCUT2D eigenvalue weighted by atomic mass is 79.9. The van der Waals surface area contributed by atoms with Gasteiger partial charge in [-0.1, -0.05) is 12.1 Å². The van der Waals surface area contributed by atoms with E-state index in [1.807, 2.05) is 32.0 Å². The molecule has 0 unspecified atom stereocenters. The molecule has 2 rings (SSSR count). The second kappa shape index (κ2) is 6.72. The number of amides is 1. The fraction of sp³-hybridized carbons (Fsp3) is 0.188. The highest BCUT2D eigenvalue weighted by Gasteiger charge is 2.15. The fourth-order valence-electron chi connectivity index (χ4n) is 1.99. The Bertz CT molecular complexity index is 673. The number of para-hydroxylation sites is 1. The monoisotopic (exact) mass is 350 g/mol. The number of hydrogen-bond acceptors (Lipinski definition) is 2. The second-order valence-corrected chi connectivity index (χ2v) is 5.48. The van der Waals surface area contributed by atoms with Crippen LogP contribution in [0.25, 0.3) is 0 Å². The fourth-order valence-corrected chi connectivity index (χ4v) is 2.34. The summed E-state index contributed by atoms with van der Waals surface area (Å²) in [5, 5.41) is 5.69. The largest absolute Gasteiger partial charge is 0.382 e. The van der Waals surface area contributed by atoms with Crippen LogP contribution in [0, 0.1) is 12.7 Å². The lowest BCUT2D eigenvalue weighted by atomic mass is 10.1. The Hall–Kier alpha value is -1.88. The number of carbonyl (C=O) groups excluding carboxylic acids is 1. The van der Waals surface area contributed by atoms with Crippen LogP contribution in [0.1, 0.15) is 22.8 Å². The van der Waals surface area contributed by atoms with E-state index in [-0.39, 0.29) is 17.2 Å². The summed E-state index contributed by atoms with van der Waals surface area (Å²) in [6.07, 6.45) is 0. The van der Waals surface area contributed by atoms with Crippen LogP contribution in [0.5, 0.6) is 0 Å². The third kappa shape index (κ3) is 3.61. The van der Waals surface area contributed by atoms with Gasteiger partial charge in [0.25, 0.3) is 5.91 Å². The zero-order valence-electron chi connectivity index (χ0n) is 11.8. The van der Waals surface area contributed by atoms with Crippen molar-refractivity contribution in [1.82, 2.24) is 0 Å². The quantitative estimate of drug-likeness (QED) is 0.847. The Morgan fingerprint density at radius 1 is 1.29 bits per heavy atom. The first-order valence-corrected chi connectivity index (χ1v) is 7.42. The number of nitrogens with one attached hydrogen (secondary N) is 2. The normalized spacial score (nSPS) is 10.3. The maximum atomic E-state index is 13.8. The first kappa shape index (κ1) is 15.5. The van der Waals surface area contributed by atoms with Gasteiger partial charge in [-0.15, -0.1) is 0 Å². The van der Waals surface area contributed by atoms with Gasteiger partial charge in [-0.05, 0) is 59.6 Å². The Kier molecular flexibility index (Phi) is 4.96. The minimum atomic E-state index is -0.437. The van der Waals surface area contributed by atoms with Crippen LogP contribution < -0.4 is 10.6 Å². The van der Waals surface area contributed by atoms with E-state index in [4.69, 9.17) is 0 Å². The van der Waals surface area contributed by atoms with Gasteiger partial charge in [0.15, 0.2) is 0 Å². The zero-order valence-corrected chi connectivity index (χ0v) is 13.4. The number of anilines is 2. The van der Waals surface area contributed by atoms with Crippen LogP contribution in [0.2, 0.25) is 0 Å². The molecule has 0 saturated heterocycles. The summed E-state index contributed by atoms with van der Waals surface area (Å²) in [5.74, 6) is -0.787. The molecule has 0 aliphatic rings. The van der Waals surface area contributed by atoms with E-state index in [1.165, 1.54) is 12.1 Å². The van der Waals surface area contributed by atoms with E-state index >= 15 is 0 Å². The van der Waals surface area contributed by atoms with Crippen LogP contribution in [0.15, 0.2) is 40.9 Å². The summed E-state index contributed by atoms with van der Waals surface area (Å²) in [6.45, 7) is 4.33. The molecule has 0 aromatic heterocycles. The van der Waals surface area contributed by atoms with Crippen molar-refractivity contribution in [2.24, 2.45) is 0 Å². The molecule has 0 atom stereocenters. The zero-order chi connectivity index (χ0) is 15.4. The number of aryl methyl sites for hydroxylation is 1. The van der Waals surface area contributed by atoms with Crippen molar-refractivity contribution in [2.45, 2.75) is 13.8 Å². The van der Waals surface area contributed by atoms with E-state index in [0.29, 0.717) is 12.2 Å². The smallest absolute Gasteiger partial charge is 0.257 e. The van der Waals surface area contributed by atoms with Crippen molar-refractivity contribution in [2.75, 3.05) is 17.2 Å².